The highest BCUT2D eigenvalue weighted by molar-refractivity contribution is 5.90. The maximum atomic E-state index is 11.8. The maximum absolute atomic E-state index is 11.8. The van der Waals surface area contributed by atoms with Crippen LogP contribution in [0.5, 0.6) is 0 Å². The first-order valence-corrected chi connectivity index (χ1v) is 5.47. The van der Waals surface area contributed by atoms with E-state index in [1.165, 1.54) is 0 Å². The van der Waals surface area contributed by atoms with Gasteiger partial charge in [-0.05, 0) is 25.2 Å². The van der Waals surface area contributed by atoms with Gasteiger partial charge < -0.3 is 9.47 Å². The van der Waals surface area contributed by atoms with Crippen molar-refractivity contribution in [1.29, 1.82) is 0 Å². The molecule has 4 nitrogen and oxygen atoms in total. The maximum Gasteiger partial charge on any atom is 0.317 e. The zero-order chi connectivity index (χ0) is 10.7. The highest BCUT2D eigenvalue weighted by Crippen LogP contribution is 2.58. The largest absolute Gasteiger partial charge is 0.461 e. The summed E-state index contributed by atoms with van der Waals surface area (Å²) >= 11 is 0. The lowest BCUT2D eigenvalue weighted by Crippen LogP contribution is -2.50. The van der Waals surface area contributed by atoms with Crippen molar-refractivity contribution in [2.75, 3.05) is 6.61 Å². The van der Waals surface area contributed by atoms with Crippen molar-refractivity contribution >= 4 is 11.9 Å². The molecular formula is C11H14O4. The second kappa shape index (κ2) is 2.54. The summed E-state index contributed by atoms with van der Waals surface area (Å²) in [4.78, 5) is 23.2. The van der Waals surface area contributed by atoms with Crippen molar-refractivity contribution in [2.45, 2.75) is 38.2 Å². The van der Waals surface area contributed by atoms with Gasteiger partial charge >= 0.3 is 11.9 Å². The summed E-state index contributed by atoms with van der Waals surface area (Å²) in [5.74, 6) is 0.0412. The van der Waals surface area contributed by atoms with Crippen molar-refractivity contribution < 1.29 is 19.1 Å². The molecule has 3 atom stereocenters. The van der Waals surface area contributed by atoms with E-state index in [1.807, 2.05) is 0 Å². The minimum Gasteiger partial charge on any atom is -0.461 e. The fraction of sp³-hybridized carbons (Fsp3) is 0.818. The van der Waals surface area contributed by atoms with Gasteiger partial charge in [-0.3, -0.25) is 9.59 Å². The summed E-state index contributed by atoms with van der Waals surface area (Å²) in [6.45, 7) is 2.40. The number of carbonyl (C=O) groups is 2. The summed E-state index contributed by atoms with van der Waals surface area (Å²) in [6.07, 6.45) is 2.70. The minimum absolute atomic E-state index is 0.221. The molecule has 3 fully saturated rings. The normalized spacial score (nSPS) is 48.2. The van der Waals surface area contributed by atoms with Crippen LogP contribution in [0.2, 0.25) is 0 Å². The molecule has 0 aromatic heterocycles. The lowest BCUT2D eigenvalue weighted by molar-refractivity contribution is -0.154. The van der Waals surface area contributed by atoms with Crippen molar-refractivity contribution in [1.82, 2.24) is 0 Å². The second-order valence-corrected chi connectivity index (χ2v) is 5.15. The molecule has 0 unspecified atom stereocenters. The number of hydrogen-bond donors (Lipinski definition) is 0. The van der Waals surface area contributed by atoms with Crippen LogP contribution >= 0.6 is 0 Å². The van der Waals surface area contributed by atoms with Gasteiger partial charge in [-0.1, -0.05) is 6.92 Å². The van der Waals surface area contributed by atoms with E-state index in [1.54, 1.807) is 0 Å². The smallest absolute Gasteiger partial charge is 0.317 e. The lowest BCUT2D eigenvalue weighted by atomic mass is 9.62. The van der Waals surface area contributed by atoms with Gasteiger partial charge in [-0.25, -0.2) is 0 Å². The van der Waals surface area contributed by atoms with E-state index in [9.17, 15) is 9.59 Å². The van der Waals surface area contributed by atoms with Crippen LogP contribution in [0.4, 0.5) is 0 Å². The number of hydrogen-bond acceptors (Lipinski definition) is 4. The Labute approximate surface area is 87.9 Å². The summed E-state index contributed by atoms with van der Waals surface area (Å²) in [6, 6.07) is 0. The Bertz CT molecular complexity index is 350. The Balaban J connectivity index is 2.08. The van der Waals surface area contributed by atoms with Gasteiger partial charge in [-0.15, -0.1) is 0 Å². The number of carbonyl (C=O) groups excluding carboxylic acids is 2. The average Bonchev–Trinajstić information content (AvgIpc) is 2.59. The van der Waals surface area contributed by atoms with E-state index in [2.05, 4.69) is 6.92 Å². The van der Waals surface area contributed by atoms with E-state index in [0.29, 0.717) is 5.92 Å². The van der Waals surface area contributed by atoms with Crippen molar-refractivity contribution in [3.63, 3.8) is 0 Å². The van der Waals surface area contributed by atoms with Crippen LogP contribution in [0.15, 0.2) is 0 Å². The van der Waals surface area contributed by atoms with Crippen LogP contribution < -0.4 is 0 Å². The molecule has 0 N–H and O–H groups in total. The quantitative estimate of drug-likeness (QED) is 0.560. The third-order valence-corrected chi connectivity index (χ3v) is 4.20. The van der Waals surface area contributed by atoms with Crippen LogP contribution in [-0.2, 0) is 19.1 Å². The highest BCUT2D eigenvalue weighted by Gasteiger charge is 2.71. The summed E-state index contributed by atoms with van der Waals surface area (Å²) in [5, 5.41) is 0. The third kappa shape index (κ3) is 0.924. The average molecular weight is 210 g/mol. The predicted octanol–water partition coefficient (Wildman–Crippen LogP) is 1.04. The molecule has 2 aliphatic heterocycles. The van der Waals surface area contributed by atoms with Crippen LogP contribution in [0.25, 0.3) is 0 Å². The van der Waals surface area contributed by atoms with Crippen molar-refractivity contribution in [2.24, 2.45) is 11.3 Å². The molecule has 3 rings (SSSR count). The van der Waals surface area contributed by atoms with Gasteiger partial charge in [0.15, 0.2) is 5.60 Å². The Kier molecular flexibility index (Phi) is 1.56. The number of cyclic esters (lactones) is 1. The fourth-order valence-electron chi connectivity index (χ4n) is 3.38. The predicted molar refractivity (Wildman–Crippen MR) is 49.8 cm³/mol. The van der Waals surface area contributed by atoms with Gasteiger partial charge in [-0.2, -0.15) is 0 Å². The number of ether oxygens (including phenoxy) is 2. The number of esters is 2. The van der Waals surface area contributed by atoms with Crippen LogP contribution in [0.1, 0.15) is 32.6 Å². The molecule has 0 aromatic rings. The van der Waals surface area contributed by atoms with Gasteiger partial charge in [0.05, 0.1) is 6.42 Å². The molecule has 82 valence electrons. The van der Waals surface area contributed by atoms with Gasteiger partial charge in [0.1, 0.15) is 12.0 Å². The third-order valence-electron chi connectivity index (χ3n) is 4.20. The van der Waals surface area contributed by atoms with Crippen LogP contribution in [0, 0.1) is 11.3 Å². The standard InChI is InChI=1S/C11H14O4/c1-7-2-3-10-5-8(12)15-11(10,4-7)6-14-9(10)13/h7H,2-6H2,1H3/t7-,10-,11+/m0/s1. The molecule has 1 aliphatic carbocycles. The second-order valence-electron chi connectivity index (χ2n) is 5.15. The van der Waals surface area contributed by atoms with Gasteiger partial charge in [0.2, 0.25) is 0 Å². The van der Waals surface area contributed by atoms with Crippen LogP contribution in [0.3, 0.4) is 0 Å². The van der Waals surface area contributed by atoms with Gasteiger partial charge in [0, 0.05) is 0 Å². The molecule has 2 saturated heterocycles. The summed E-state index contributed by atoms with van der Waals surface area (Å²) in [5.41, 5.74) is -1.27. The Morgan fingerprint density at radius 2 is 2.20 bits per heavy atom. The first kappa shape index (κ1) is 9.19. The Morgan fingerprint density at radius 1 is 1.40 bits per heavy atom. The van der Waals surface area contributed by atoms with E-state index < -0.39 is 11.0 Å². The molecule has 0 spiro atoms. The molecular weight excluding hydrogens is 196 g/mol. The highest BCUT2D eigenvalue weighted by atomic mass is 16.6. The molecule has 4 heteroatoms. The minimum atomic E-state index is -0.642. The molecule has 15 heavy (non-hydrogen) atoms. The Hall–Kier alpha value is -1.06. The van der Waals surface area contributed by atoms with E-state index in [4.69, 9.17) is 9.47 Å². The Morgan fingerprint density at radius 3 is 3.00 bits per heavy atom. The molecule has 0 aromatic carbocycles. The van der Waals surface area contributed by atoms with Gasteiger partial charge in [0.25, 0.3) is 0 Å². The fourth-order valence-corrected chi connectivity index (χ4v) is 3.38. The topological polar surface area (TPSA) is 52.6 Å². The summed E-state index contributed by atoms with van der Waals surface area (Å²) < 4.78 is 10.6. The molecule has 0 bridgehead atoms. The van der Waals surface area contributed by atoms with E-state index >= 15 is 0 Å². The SMILES string of the molecule is C[C@H]1CC[C@@]23CC(=O)O[C@@]2(COC3=O)C1. The molecule has 1 saturated carbocycles. The summed E-state index contributed by atoms with van der Waals surface area (Å²) in [7, 11) is 0. The van der Waals surface area contributed by atoms with E-state index in [0.717, 1.165) is 19.3 Å². The lowest BCUT2D eigenvalue weighted by Gasteiger charge is -2.40. The van der Waals surface area contributed by atoms with E-state index in [-0.39, 0.29) is 25.0 Å². The zero-order valence-electron chi connectivity index (χ0n) is 8.75. The zero-order valence-corrected chi connectivity index (χ0v) is 8.75. The number of rotatable bonds is 0. The van der Waals surface area contributed by atoms with Crippen LogP contribution in [-0.4, -0.2) is 24.1 Å². The first-order valence-electron chi connectivity index (χ1n) is 5.47. The monoisotopic (exact) mass is 210 g/mol. The van der Waals surface area contributed by atoms with Crippen molar-refractivity contribution in [3.8, 4) is 0 Å². The molecule has 3 aliphatic rings. The molecule has 0 amide bonds. The molecule has 2 heterocycles. The molecule has 0 radical (unpaired) electrons. The van der Waals surface area contributed by atoms with Crippen molar-refractivity contribution in [3.05, 3.63) is 0 Å². The first-order chi connectivity index (χ1) is 7.08.